The number of aliphatic hydroxyl groups is 2. The van der Waals surface area contributed by atoms with E-state index in [1.54, 1.807) is 0 Å². The van der Waals surface area contributed by atoms with Crippen LogP contribution < -0.4 is 0 Å². The molecule has 1 saturated carbocycles. The summed E-state index contributed by atoms with van der Waals surface area (Å²) in [6.07, 6.45) is 4.57. The molecule has 0 spiro atoms. The van der Waals surface area contributed by atoms with Gasteiger partial charge < -0.3 is 10.2 Å². The van der Waals surface area contributed by atoms with Gasteiger partial charge in [-0.25, -0.2) is 0 Å². The molecule has 2 atom stereocenters. The molecule has 2 rings (SSSR count). The van der Waals surface area contributed by atoms with Gasteiger partial charge >= 0.3 is 0 Å². The first-order valence-corrected chi connectivity index (χ1v) is 6.55. The summed E-state index contributed by atoms with van der Waals surface area (Å²) >= 11 is 0. The second-order valence-corrected chi connectivity index (χ2v) is 5.29. The van der Waals surface area contributed by atoms with Crippen LogP contribution >= 0.6 is 0 Å². The minimum absolute atomic E-state index is 0.0683. The number of benzene rings is 1. The van der Waals surface area contributed by atoms with Crippen LogP contribution in [0.4, 0.5) is 0 Å². The molecule has 2 nitrogen and oxygen atoms in total. The Kier molecular flexibility index (Phi) is 3.85. The molecule has 0 radical (unpaired) electrons. The van der Waals surface area contributed by atoms with Gasteiger partial charge in [-0.05, 0) is 31.7 Å². The van der Waals surface area contributed by atoms with E-state index < -0.39 is 5.60 Å². The number of aliphatic hydroxyl groups excluding tert-OH is 1. The molecule has 0 heterocycles. The lowest BCUT2D eigenvalue weighted by Gasteiger charge is -2.40. The Bertz CT molecular complexity index is 371. The Morgan fingerprint density at radius 2 is 2.18 bits per heavy atom. The summed E-state index contributed by atoms with van der Waals surface area (Å²) in [6.45, 7) is 2.15. The molecule has 0 aromatic heterocycles. The predicted octanol–water partition coefficient (Wildman–Crippen LogP) is 2.77. The molecule has 17 heavy (non-hydrogen) atoms. The van der Waals surface area contributed by atoms with E-state index >= 15 is 0 Å². The van der Waals surface area contributed by atoms with Gasteiger partial charge in [0.15, 0.2) is 0 Å². The number of hydrogen-bond acceptors (Lipinski definition) is 2. The third kappa shape index (κ3) is 2.70. The molecule has 2 N–H and O–H groups in total. The van der Waals surface area contributed by atoms with E-state index in [2.05, 4.69) is 31.2 Å². The molecule has 1 fully saturated rings. The second-order valence-electron chi connectivity index (χ2n) is 5.29. The Hall–Kier alpha value is -0.860. The van der Waals surface area contributed by atoms with E-state index in [1.807, 2.05) is 0 Å². The van der Waals surface area contributed by atoms with Crippen molar-refractivity contribution < 1.29 is 10.2 Å². The van der Waals surface area contributed by atoms with Gasteiger partial charge in [0.05, 0.1) is 5.60 Å². The van der Waals surface area contributed by atoms with Crippen molar-refractivity contribution in [1.82, 2.24) is 0 Å². The van der Waals surface area contributed by atoms with E-state index in [0.717, 1.165) is 19.3 Å². The minimum Gasteiger partial charge on any atom is -0.396 e. The van der Waals surface area contributed by atoms with Crippen LogP contribution in [0.1, 0.15) is 49.1 Å². The molecule has 94 valence electrons. The van der Waals surface area contributed by atoms with Crippen molar-refractivity contribution in [3.05, 3.63) is 35.4 Å². The van der Waals surface area contributed by atoms with Crippen LogP contribution in [0.5, 0.6) is 0 Å². The highest BCUT2D eigenvalue weighted by Crippen LogP contribution is 2.42. The lowest BCUT2D eigenvalue weighted by Crippen LogP contribution is -2.40. The molecule has 1 aliphatic carbocycles. The fraction of sp³-hybridized carbons (Fsp3) is 0.600. The van der Waals surface area contributed by atoms with Gasteiger partial charge in [-0.15, -0.1) is 0 Å². The molecule has 0 amide bonds. The fourth-order valence-electron chi connectivity index (χ4n) is 3.08. The van der Waals surface area contributed by atoms with Gasteiger partial charge in [-0.1, -0.05) is 42.7 Å². The maximum Gasteiger partial charge on any atom is 0.0737 e. The number of hydrogen-bond donors (Lipinski definition) is 2. The molecule has 1 aliphatic rings. The average Bonchev–Trinajstić information content (AvgIpc) is 2.29. The first-order chi connectivity index (χ1) is 8.15. The van der Waals surface area contributed by atoms with Crippen LogP contribution in [0.15, 0.2) is 24.3 Å². The number of rotatable bonds is 3. The van der Waals surface area contributed by atoms with Crippen molar-refractivity contribution in [2.45, 2.75) is 50.5 Å². The molecule has 2 heteroatoms. The average molecular weight is 234 g/mol. The lowest BCUT2D eigenvalue weighted by atomic mass is 9.70. The van der Waals surface area contributed by atoms with Crippen LogP contribution in [0.2, 0.25) is 0 Å². The van der Waals surface area contributed by atoms with Crippen molar-refractivity contribution in [3.8, 4) is 0 Å². The smallest absolute Gasteiger partial charge is 0.0737 e. The fourth-order valence-corrected chi connectivity index (χ4v) is 3.08. The molecule has 2 unspecified atom stereocenters. The normalized spacial score (nSPS) is 29.2. The minimum atomic E-state index is -0.708. The van der Waals surface area contributed by atoms with Gasteiger partial charge in [0.2, 0.25) is 0 Å². The van der Waals surface area contributed by atoms with E-state index in [-0.39, 0.29) is 12.5 Å². The summed E-state index contributed by atoms with van der Waals surface area (Å²) in [6, 6.07) is 8.40. The Morgan fingerprint density at radius 1 is 1.35 bits per heavy atom. The first-order valence-electron chi connectivity index (χ1n) is 6.55. The van der Waals surface area contributed by atoms with Crippen molar-refractivity contribution in [1.29, 1.82) is 0 Å². The van der Waals surface area contributed by atoms with Crippen LogP contribution in [-0.2, 0) is 0 Å². The Morgan fingerprint density at radius 3 is 2.88 bits per heavy atom. The quantitative estimate of drug-likeness (QED) is 0.844. The molecule has 0 aliphatic heterocycles. The monoisotopic (exact) mass is 234 g/mol. The van der Waals surface area contributed by atoms with Crippen LogP contribution in [0.3, 0.4) is 0 Å². The van der Waals surface area contributed by atoms with Crippen molar-refractivity contribution in [2.75, 3.05) is 6.61 Å². The first kappa shape index (κ1) is 12.6. The molecular formula is C15H22O2. The van der Waals surface area contributed by atoms with Crippen LogP contribution in [0, 0.1) is 6.92 Å². The zero-order valence-electron chi connectivity index (χ0n) is 10.5. The lowest BCUT2D eigenvalue weighted by molar-refractivity contribution is -0.0353. The molecule has 0 bridgehead atoms. The van der Waals surface area contributed by atoms with E-state index in [4.69, 9.17) is 5.11 Å². The van der Waals surface area contributed by atoms with Gasteiger partial charge in [-0.2, -0.15) is 0 Å². The summed E-state index contributed by atoms with van der Waals surface area (Å²) in [4.78, 5) is 0. The summed E-state index contributed by atoms with van der Waals surface area (Å²) in [5, 5.41) is 19.9. The van der Waals surface area contributed by atoms with Crippen molar-refractivity contribution in [3.63, 3.8) is 0 Å². The largest absolute Gasteiger partial charge is 0.396 e. The summed E-state index contributed by atoms with van der Waals surface area (Å²) < 4.78 is 0. The number of aryl methyl sites for hydroxylation is 1. The molecular weight excluding hydrogens is 212 g/mol. The van der Waals surface area contributed by atoms with Gasteiger partial charge in [0, 0.05) is 12.5 Å². The third-order valence-corrected chi connectivity index (χ3v) is 3.99. The Labute approximate surface area is 103 Å². The van der Waals surface area contributed by atoms with Gasteiger partial charge in [-0.3, -0.25) is 0 Å². The molecule has 1 aromatic rings. The van der Waals surface area contributed by atoms with Gasteiger partial charge in [0.25, 0.3) is 0 Å². The second kappa shape index (κ2) is 5.19. The summed E-state index contributed by atoms with van der Waals surface area (Å²) in [5.74, 6) is 0.184. The van der Waals surface area contributed by atoms with Crippen LogP contribution in [0.25, 0.3) is 0 Å². The maximum absolute atomic E-state index is 10.7. The third-order valence-electron chi connectivity index (χ3n) is 3.99. The van der Waals surface area contributed by atoms with E-state index in [9.17, 15) is 5.11 Å². The SMILES string of the molecule is Cc1cccc(C2CCCCC2(O)CCO)c1. The predicted molar refractivity (Wildman–Crippen MR) is 69.0 cm³/mol. The highest BCUT2D eigenvalue weighted by Gasteiger charge is 2.39. The summed E-state index contributed by atoms with van der Waals surface area (Å²) in [7, 11) is 0. The van der Waals surface area contributed by atoms with E-state index in [1.165, 1.54) is 17.5 Å². The summed E-state index contributed by atoms with van der Waals surface area (Å²) in [5.41, 5.74) is 1.75. The molecule has 1 aromatic carbocycles. The van der Waals surface area contributed by atoms with E-state index in [0.29, 0.717) is 6.42 Å². The Balaban J connectivity index is 2.27. The maximum atomic E-state index is 10.7. The molecule has 0 saturated heterocycles. The topological polar surface area (TPSA) is 40.5 Å². The van der Waals surface area contributed by atoms with Gasteiger partial charge in [0.1, 0.15) is 0 Å². The highest BCUT2D eigenvalue weighted by molar-refractivity contribution is 5.28. The van der Waals surface area contributed by atoms with Crippen molar-refractivity contribution >= 4 is 0 Å². The van der Waals surface area contributed by atoms with Crippen LogP contribution in [-0.4, -0.2) is 22.4 Å². The zero-order chi connectivity index (χ0) is 12.3. The standard InChI is InChI=1S/C15H22O2/c1-12-5-4-6-13(11-12)14-7-2-3-8-15(14,17)9-10-16/h4-6,11,14,16-17H,2-3,7-10H2,1H3. The highest BCUT2D eigenvalue weighted by atomic mass is 16.3. The zero-order valence-corrected chi connectivity index (χ0v) is 10.5. The van der Waals surface area contributed by atoms with Crippen molar-refractivity contribution in [2.24, 2.45) is 0 Å².